The number of H-pyrrole nitrogens is 1. The average molecular weight is 390 g/mol. The Morgan fingerprint density at radius 3 is 2.76 bits per heavy atom. The largest absolute Gasteiger partial charge is 0.368 e. The average Bonchev–Trinajstić information content (AvgIpc) is 3.09. The smallest absolute Gasteiger partial charge is 0.156 e. The van der Waals surface area contributed by atoms with Gasteiger partial charge in [0.1, 0.15) is 5.52 Å². The molecule has 5 heteroatoms. The van der Waals surface area contributed by atoms with Crippen molar-refractivity contribution in [2.24, 2.45) is 5.41 Å². The van der Waals surface area contributed by atoms with Gasteiger partial charge in [0.05, 0.1) is 11.9 Å². The predicted octanol–water partition coefficient (Wildman–Crippen LogP) is 4.87. The fourth-order valence-corrected chi connectivity index (χ4v) is 3.89. The van der Waals surface area contributed by atoms with Crippen molar-refractivity contribution in [2.45, 2.75) is 40.2 Å². The Labute approximate surface area is 173 Å². The SMILES string of the molecule is C=C(c1c[nH]c2ncc(-c3cccc(N4CCNC(C)(C)C4)c3)nc12)C(C)(C)C. The van der Waals surface area contributed by atoms with E-state index in [-0.39, 0.29) is 11.0 Å². The van der Waals surface area contributed by atoms with E-state index in [2.05, 4.69) is 85.6 Å². The highest BCUT2D eigenvalue weighted by atomic mass is 15.2. The van der Waals surface area contributed by atoms with Crippen molar-refractivity contribution in [3.05, 3.63) is 48.8 Å². The number of fused-ring (bicyclic) bond motifs is 1. The minimum absolute atomic E-state index is 0.0260. The number of aromatic nitrogens is 3. The Hall–Kier alpha value is -2.66. The van der Waals surface area contributed by atoms with Crippen LogP contribution in [0.2, 0.25) is 0 Å². The number of aromatic amines is 1. The molecule has 1 fully saturated rings. The summed E-state index contributed by atoms with van der Waals surface area (Å²) in [6, 6.07) is 8.62. The van der Waals surface area contributed by atoms with Crippen LogP contribution in [0.15, 0.2) is 43.2 Å². The Morgan fingerprint density at radius 2 is 2.03 bits per heavy atom. The summed E-state index contributed by atoms with van der Waals surface area (Å²) < 4.78 is 0. The number of rotatable bonds is 3. The fraction of sp³-hybridized carbons (Fsp3) is 0.417. The molecular formula is C24H31N5. The van der Waals surface area contributed by atoms with Crippen molar-refractivity contribution in [1.82, 2.24) is 20.3 Å². The Morgan fingerprint density at radius 1 is 1.24 bits per heavy atom. The zero-order valence-corrected chi connectivity index (χ0v) is 18.1. The number of hydrogen-bond acceptors (Lipinski definition) is 4. The molecule has 0 amide bonds. The van der Waals surface area contributed by atoms with Gasteiger partial charge in [-0.3, -0.25) is 0 Å². The van der Waals surface area contributed by atoms with Crippen molar-refractivity contribution in [3.8, 4) is 11.3 Å². The highest BCUT2D eigenvalue weighted by Gasteiger charge is 2.26. The molecule has 1 saturated heterocycles. The molecule has 152 valence electrons. The normalized spacial score (nSPS) is 16.9. The van der Waals surface area contributed by atoms with Gasteiger partial charge in [0.2, 0.25) is 0 Å². The van der Waals surface area contributed by atoms with Crippen molar-refractivity contribution in [2.75, 3.05) is 24.5 Å². The van der Waals surface area contributed by atoms with Crippen molar-refractivity contribution in [3.63, 3.8) is 0 Å². The van der Waals surface area contributed by atoms with Crippen molar-refractivity contribution >= 4 is 22.4 Å². The lowest BCUT2D eigenvalue weighted by Gasteiger charge is -2.40. The molecule has 3 heterocycles. The number of nitrogens with zero attached hydrogens (tertiary/aromatic N) is 3. The number of anilines is 1. The van der Waals surface area contributed by atoms with E-state index >= 15 is 0 Å². The van der Waals surface area contributed by atoms with Gasteiger partial charge in [-0.15, -0.1) is 0 Å². The minimum Gasteiger partial charge on any atom is -0.368 e. The molecule has 2 aromatic heterocycles. The number of benzene rings is 1. The molecule has 2 N–H and O–H groups in total. The fourth-order valence-electron chi connectivity index (χ4n) is 3.89. The Balaban J connectivity index is 1.71. The van der Waals surface area contributed by atoms with E-state index in [1.165, 1.54) is 5.69 Å². The third-order valence-corrected chi connectivity index (χ3v) is 5.69. The lowest BCUT2D eigenvalue weighted by atomic mass is 9.84. The molecule has 0 bridgehead atoms. The highest BCUT2D eigenvalue weighted by Crippen LogP contribution is 2.36. The summed E-state index contributed by atoms with van der Waals surface area (Å²) >= 11 is 0. The van der Waals surface area contributed by atoms with Gasteiger partial charge in [-0.2, -0.15) is 0 Å². The summed E-state index contributed by atoms with van der Waals surface area (Å²) in [4.78, 5) is 15.3. The Kier molecular flexibility index (Phi) is 4.74. The summed E-state index contributed by atoms with van der Waals surface area (Å²) in [5, 5.41) is 3.57. The van der Waals surface area contributed by atoms with Crippen LogP contribution in [0, 0.1) is 5.41 Å². The maximum Gasteiger partial charge on any atom is 0.156 e. The van der Waals surface area contributed by atoms with Gasteiger partial charge in [-0.05, 0) is 37.0 Å². The number of hydrogen-bond donors (Lipinski definition) is 2. The van der Waals surface area contributed by atoms with E-state index < -0.39 is 0 Å². The number of allylic oxidation sites excluding steroid dienone is 1. The van der Waals surface area contributed by atoms with E-state index in [1.54, 1.807) is 0 Å². The molecule has 5 nitrogen and oxygen atoms in total. The minimum atomic E-state index is -0.0260. The van der Waals surface area contributed by atoms with Gasteiger partial charge in [0.25, 0.3) is 0 Å². The van der Waals surface area contributed by atoms with Crippen LogP contribution in [-0.4, -0.2) is 40.1 Å². The highest BCUT2D eigenvalue weighted by molar-refractivity contribution is 5.89. The van der Waals surface area contributed by atoms with Gasteiger partial charge in [0, 0.05) is 48.2 Å². The molecule has 29 heavy (non-hydrogen) atoms. The van der Waals surface area contributed by atoms with Crippen LogP contribution >= 0.6 is 0 Å². The first-order valence-electron chi connectivity index (χ1n) is 10.3. The molecule has 0 radical (unpaired) electrons. The molecule has 4 rings (SSSR count). The van der Waals surface area contributed by atoms with Gasteiger partial charge in [-0.25, -0.2) is 9.97 Å². The Bertz CT molecular complexity index is 1050. The van der Waals surface area contributed by atoms with Crippen LogP contribution in [0.4, 0.5) is 5.69 Å². The zero-order chi connectivity index (χ0) is 20.8. The third kappa shape index (κ3) is 3.92. The van der Waals surface area contributed by atoms with Crippen LogP contribution in [0.3, 0.4) is 0 Å². The van der Waals surface area contributed by atoms with E-state index in [1.807, 2.05) is 12.4 Å². The van der Waals surface area contributed by atoms with Crippen LogP contribution in [-0.2, 0) is 0 Å². The molecule has 3 aromatic rings. The van der Waals surface area contributed by atoms with Crippen LogP contribution in [0.1, 0.15) is 40.2 Å². The molecule has 1 aliphatic rings. The van der Waals surface area contributed by atoms with Crippen LogP contribution in [0.25, 0.3) is 28.0 Å². The lowest BCUT2D eigenvalue weighted by Crippen LogP contribution is -2.57. The number of nitrogens with one attached hydrogen (secondary N) is 2. The molecular weight excluding hydrogens is 358 g/mol. The zero-order valence-electron chi connectivity index (χ0n) is 18.1. The van der Waals surface area contributed by atoms with Crippen LogP contribution < -0.4 is 10.2 Å². The third-order valence-electron chi connectivity index (χ3n) is 5.69. The topological polar surface area (TPSA) is 56.8 Å². The molecule has 0 atom stereocenters. The van der Waals surface area contributed by atoms with Crippen molar-refractivity contribution in [1.29, 1.82) is 0 Å². The number of piperazine rings is 1. The summed E-state index contributed by atoms with van der Waals surface area (Å²) in [7, 11) is 0. The van der Waals surface area contributed by atoms with Gasteiger partial charge in [-0.1, -0.05) is 39.5 Å². The molecule has 0 saturated carbocycles. The quantitative estimate of drug-likeness (QED) is 0.671. The summed E-state index contributed by atoms with van der Waals surface area (Å²) in [5.41, 5.74) is 7.08. The molecule has 0 aliphatic carbocycles. The molecule has 0 spiro atoms. The monoisotopic (exact) mass is 389 g/mol. The second-order valence-electron chi connectivity index (χ2n) is 9.67. The van der Waals surface area contributed by atoms with E-state index in [9.17, 15) is 0 Å². The second kappa shape index (κ2) is 6.99. The van der Waals surface area contributed by atoms with Gasteiger partial charge >= 0.3 is 0 Å². The van der Waals surface area contributed by atoms with E-state index in [0.29, 0.717) is 0 Å². The van der Waals surface area contributed by atoms with E-state index in [0.717, 1.165) is 53.2 Å². The van der Waals surface area contributed by atoms with Crippen LogP contribution in [0.5, 0.6) is 0 Å². The summed E-state index contributed by atoms with van der Waals surface area (Å²) in [5.74, 6) is 0. The predicted molar refractivity (Wildman–Crippen MR) is 122 cm³/mol. The summed E-state index contributed by atoms with van der Waals surface area (Å²) in [6.45, 7) is 18.3. The maximum absolute atomic E-state index is 4.97. The van der Waals surface area contributed by atoms with Crippen molar-refractivity contribution < 1.29 is 0 Å². The molecule has 0 unspecified atom stereocenters. The second-order valence-corrected chi connectivity index (χ2v) is 9.67. The molecule has 1 aromatic carbocycles. The van der Waals surface area contributed by atoms with Gasteiger partial charge < -0.3 is 15.2 Å². The standard InChI is InChI=1S/C24H31N5/c1-16(23(2,3)4)19-13-25-22-21(19)28-20(14-26-22)17-8-7-9-18(12-17)29-11-10-27-24(5,6)15-29/h7-9,12-14,27H,1,10-11,15H2,2-6H3,(H,25,26). The first-order chi connectivity index (χ1) is 13.6. The first-order valence-corrected chi connectivity index (χ1v) is 10.3. The van der Waals surface area contributed by atoms with E-state index in [4.69, 9.17) is 4.98 Å². The van der Waals surface area contributed by atoms with Gasteiger partial charge in [0.15, 0.2) is 5.65 Å². The lowest BCUT2D eigenvalue weighted by molar-refractivity contribution is 0.353. The maximum atomic E-state index is 4.97. The molecule has 1 aliphatic heterocycles. The first kappa shape index (κ1) is 19.6. The summed E-state index contributed by atoms with van der Waals surface area (Å²) in [6.07, 6.45) is 3.82.